The molecule has 0 unspecified atom stereocenters. The van der Waals surface area contributed by atoms with E-state index in [-0.39, 0.29) is 23.5 Å². The van der Waals surface area contributed by atoms with Crippen molar-refractivity contribution in [2.75, 3.05) is 0 Å². The zero-order valence-electron chi connectivity index (χ0n) is 20.7. The van der Waals surface area contributed by atoms with Crippen LogP contribution >= 0.6 is 11.6 Å². The molecule has 1 aliphatic carbocycles. The summed E-state index contributed by atoms with van der Waals surface area (Å²) in [4.78, 5) is 25.9. The Morgan fingerprint density at radius 2 is 1.68 bits per heavy atom. The summed E-state index contributed by atoms with van der Waals surface area (Å²) in [6, 6.07) is 14.1. The summed E-state index contributed by atoms with van der Waals surface area (Å²) in [6.45, 7) is 10.5. The standard InChI is InChI=1S/C29H34ClNO3/c1-28(2,3)20-11-14-23-22(15-20)25(26(32)19-7-6-8-19)24(16-29(4,5)27(33)34)31(23)17-18-9-12-21(30)13-10-18/h9-15,19H,6-8,16-17H2,1-5H3,(H,33,34). The van der Waals surface area contributed by atoms with Gasteiger partial charge in [-0.15, -0.1) is 0 Å². The van der Waals surface area contributed by atoms with Crippen LogP contribution in [0.4, 0.5) is 0 Å². The summed E-state index contributed by atoms with van der Waals surface area (Å²) in [7, 11) is 0. The lowest BCUT2D eigenvalue weighted by molar-refractivity contribution is -0.146. The first-order valence-corrected chi connectivity index (χ1v) is 12.4. The molecule has 3 aromatic rings. The Balaban J connectivity index is 1.99. The predicted octanol–water partition coefficient (Wildman–Crippen LogP) is 7.28. The zero-order chi connectivity index (χ0) is 24.8. The average molecular weight is 480 g/mol. The van der Waals surface area contributed by atoms with Gasteiger partial charge in [-0.25, -0.2) is 0 Å². The molecule has 180 valence electrons. The van der Waals surface area contributed by atoms with E-state index in [2.05, 4.69) is 43.5 Å². The van der Waals surface area contributed by atoms with Gasteiger partial charge in [0, 0.05) is 46.1 Å². The van der Waals surface area contributed by atoms with E-state index < -0.39 is 11.4 Å². The van der Waals surface area contributed by atoms with Crippen molar-refractivity contribution in [3.63, 3.8) is 0 Å². The van der Waals surface area contributed by atoms with Crippen LogP contribution in [0.25, 0.3) is 10.9 Å². The Morgan fingerprint density at radius 1 is 1.03 bits per heavy atom. The van der Waals surface area contributed by atoms with E-state index in [0.717, 1.165) is 47.0 Å². The minimum Gasteiger partial charge on any atom is -0.481 e. The fraction of sp³-hybridized carbons (Fsp3) is 0.448. The van der Waals surface area contributed by atoms with Gasteiger partial charge in [-0.1, -0.05) is 57.0 Å². The lowest BCUT2D eigenvalue weighted by Gasteiger charge is -2.26. The smallest absolute Gasteiger partial charge is 0.309 e. The summed E-state index contributed by atoms with van der Waals surface area (Å²) >= 11 is 6.11. The quantitative estimate of drug-likeness (QED) is 0.362. The lowest BCUT2D eigenvalue weighted by Crippen LogP contribution is -2.29. The lowest BCUT2D eigenvalue weighted by atomic mass is 9.77. The number of aliphatic carboxylic acids is 1. The van der Waals surface area contributed by atoms with Gasteiger partial charge in [-0.2, -0.15) is 0 Å². The molecule has 1 saturated carbocycles. The van der Waals surface area contributed by atoms with Gasteiger partial charge in [0.05, 0.1) is 5.41 Å². The van der Waals surface area contributed by atoms with Crippen LogP contribution < -0.4 is 0 Å². The predicted molar refractivity (Wildman–Crippen MR) is 138 cm³/mol. The molecule has 1 aromatic heterocycles. The maximum absolute atomic E-state index is 13.8. The normalized spacial score (nSPS) is 14.9. The fourth-order valence-electron chi connectivity index (χ4n) is 4.65. The van der Waals surface area contributed by atoms with Crippen molar-refractivity contribution in [3.05, 3.63) is 69.9 Å². The van der Waals surface area contributed by atoms with E-state index in [4.69, 9.17) is 11.6 Å². The largest absolute Gasteiger partial charge is 0.481 e. The van der Waals surface area contributed by atoms with Crippen molar-refractivity contribution in [3.8, 4) is 0 Å². The number of carbonyl (C=O) groups is 2. The highest BCUT2D eigenvalue weighted by atomic mass is 35.5. The minimum absolute atomic E-state index is 0.0274. The van der Waals surface area contributed by atoms with E-state index >= 15 is 0 Å². The molecule has 0 aliphatic heterocycles. The molecular weight excluding hydrogens is 446 g/mol. The number of carboxylic acid groups (broad SMARTS) is 1. The maximum atomic E-state index is 13.8. The van der Waals surface area contributed by atoms with Crippen LogP contribution in [0.5, 0.6) is 0 Å². The van der Waals surface area contributed by atoms with Crippen molar-refractivity contribution in [2.45, 2.75) is 72.3 Å². The summed E-state index contributed by atoms with van der Waals surface area (Å²) in [6.07, 6.45) is 3.17. The number of carbonyl (C=O) groups excluding carboxylic acids is 1. The first-order chi connectivity index (χ1) is 15.9. The monoisotopic (exact) mass is 479 g/mol. The van der Waals surface area contributed by atoms with Crippen LogP contribution in [0.3, 0.4) is 0 Å². The van der Waals surface area contributed by atoms with Gasteiger partial charge in [0.1, 0.15) is 0 Å². The molecule has 2 aromatic carbocycles. The Morgan fingerprint density at radius 3 is 2.21 bits per heavy atom. The molecule has 1 heterocycles. The number of benzene rings is 2. The SMILES string of the molecule is CC(C)(Cc1c(C(=O)C2CCC2)c2cc(C(C)(C)C)ccc2n1Cc1ccc(Cl)cc1)C(=O)O. The van der Waals surface area contributed by atoms with Crippen LogP contribution in [0.2, 0.25) is 5.02 Å². The first-order valence-electron chi connectivity index (χ1n) is 12.1. The number of nitrogens with zero attached hydrogens (tertiary/aromatic N) is 1. The molecule has 0 bridgehead atoms. The molecule has 5 heteroatoms. The van der Waals surface area contributed by atoms with Gasteiger partial charge in [-0.3, -0.25) is 9.59 Å². The second-order valence-electron chi connectivity index (χ2n) is 11.4. The molecule has 1 N–H and O–H groups in total. The molecule has 0 amide bonds. The highest BCUT2D eigenvalue weighted by Crippen LogP contribution is 2.39. The Kier molecular flexibility index (Phi) is 6.41. The zero-order valence-corrected chi connectivity index (χ0v) is 21.5. The van der Waals surface area contributed by atoms with Gasteiger partial charge < -0.3 is 9.67 Å². The average Bonchev–Trinajstić information content (AvgIpc) is 2.99. The third kappa shape index (κ3) is 4.65. The number of hydrogen-bond donors (Lipinski definition) is 1. The number of rotatable bonds is 7. The highest BCUT2D eigenvalue weighted by Gasteiger charge is 2.36. The summed E-state index contributed by atoms with van der Waals surface area (Å²) in [5.74, 6) is -0.679. The van der Waals surface area contributed by atoms with Crippen LogP contribution in [-0.4, -0.2) is 21.4 Å². The molecule has 0 spiro atoms. The Hall–Kier alpha value is -2.59. The van der Waals surface area contributed by atoms with Crippen molar-refractivity contribution in [2.24, 2.45) is 11.3 Å². The molecule has 1 fully saturated rings. The Bertz CT molecular complexity index is 1240. The van der Waals surface area contributed by atoms with E-state index in [1.165, 1.54) is 0 Å². The number of Topliss-reactive ketones (excluding diaryl/α,β-unsaturated/α-hetero) is 1. The van der Waals surface area contributed by atoms with Gasteiger partial charge in [0.2, 0.25) is 0 Å². The van der Waals surface area contributed by atoms with Crippen molar-refractivity contribution >= 4 is 34.3 Å². The third-order valence-electron chi connectivity index (χ3n) is 7.20. The summed E-state index contributed by atoms with van der Waals surface area (Å²) < 4.78 is 2.15. The van der Waals surface area contributed by atoms with Crippen LogP contribution in [0.1, 0.15) is 81.1 Å². The minimum atomic E-state index is -1.01. The van der Waals surface area contributed by atoms with Crippen LogP contribution in [-0.2, 0) is 23.2 Å². The maximum Gasteiger partial charge on any atom is 0.309 e. The molecular formula is C29H34ClNO3. The van der Waals surface area contributed by atoms with Crippen molar-refractivity contribution in [1.82, 2.24) is 4.57 Å². The van der Waals surface area contributed by atoms with Crippen LogP contribution in [0, 0.1) is 11.3 Å². The highest BCUT2D eigenvalue weighted by molar-refractivity contribution is 6.30. The number of hydrogen-bond acceptors (Lipinski definition) is 2. The van der Waals surface area contributed by atoms with E-state index in [1.54, 1.807) is 13.8 Å². The second-order valence-corrected chi connectivity index (χ2v) is 11.8. The second kappa shape index (κ2) is 8.88. The molecule has 4 nitrogen and oxygen atoms in total. The molecule has 1 aliphatic rings. The number of halogens is 1. The third-order valence-corrected chi connectivity index (χ3v) is 7.45. The van der Waals surface area contributed by atoms with E-state index in [0.29, 0.717) is 17.1 Å². The van der Waals surface area contributed by atoms with Gasteiger partial charge >= 0.3 is 5.97 Å². The number of ketones is 1. The van der Waals surface area contributed by atoms with Gasteiger partial charge in [0.25, 0.3) is 0 Å². The van der Waals surface area contributed by atoms with Gasteiger partial charge in [-0.05, 0) is 67.5 Å². The summed E-state index contributed by atoms with van der Waals surface area (Å²) in [5, 5.41) is 11.5. The number of carboxylic acids is 1. The van der Waals surface area contributed by atoms with Crippen molar-refractivity contribution < 1.29 is 14.7 Å². The topological polar surface area (TPSA) is 59.3 Å². The van der Waals surface area contributed by atoms with Gasteiger partial charge in [0.15, 0.2) is 5.78 Å². The number of fused-ring (bicyclic) bond motifs is 1. The number of aromatic nitrogens is 1. The van der Waals surface area contributed by atoms with Crippen LogP contribution in [0.15, 0.2) is 42.5 Å². The summed E-state index contributed by atoms with van der Waals surface area (Å²) in [5.41, 5.74) is 3.65. The van der Waals surface area contributed by atoms with E-state index in [9.17, 15) is 14.7 Å². The molecule has 0 radical (unpaired) electrons. The molecule has 34 heavy (non-hydrogen) atoms. The Labute approximate surface area is 206 Å². The molecule has 4 rings (SSSR count). The molecule has 0 saturated heterocycles. The van der Waals surface area contributed by atoms with E-state index in [1.807, 2.05) is 24.3 Å². The first kappa shape index (κ1) is 24.5. The fourth-order valence-corrected chi connectivity index (χ4v) is 4.78. The molecule has 0 atom stereocenters. The van der Waals surface area contributed by atoms with Crippen molar-refractivity contribution in [1.29, 1.82) is 0 Å².